The zero-order chi connectivity index (χ0) is 34.4. The van der Waals surface area contributed by atoms with Crippen molar-refractivity contribution in [3.05, 3.63) is 197 Å². The standard InChI is InChI=1S/C44H26Br4O2/c45-27-13-17-33-34-18-14-28(46)22-40(34)43(49,39(33)21-27)37-7-3-1-5-31(37)25-9-11-26(12-10-25)32-6-2-4-8-38(32)44(50)41-23-29(47)15-19-35(41)36-20-16-30(48)24-42(36)44/h1-24,49-50H. The number of rotatable bonds is 4. The van der Waals surface area contributed by atoms with Crippen molar-refractivity contribution in [1.82, 2.24) is 0 Å². The summed E-state index contributed by atoms with van der Waals surface area (Å²) in [5.74, 6) is 0. The highest BCUT2D eigenvalue weighted by atomic mass is 79.9. The maximum atomic E-state index is 12.9. The summed E-state index contributed by atoms with van der Waals surface area (Å²) in [7, 11) is 0. The van der Waals surface area contributed by atoms with Crippen LogP contribution in [0.15, 0.2) is 163 Å². The van der Waals surface area contributed by atoms with E-state index in [1.54, 1.807) is 0 Å². The molecule has 0 unspecified atom stereocenters. The van der Waals surface area contributed by atoms with E-state index in [1.807, 2.05) is 84.9 Å². The number of hydrogen-bond acceptors (Lipinski definition) is 2. The maximum Gasteiger partial charge on any atom is 0.142 e. The molecular weight excluding hydrogens is 880 g/mol. The van der Waals surface area contributed by atoms with Crippen molar-refractivity contribution in [2.45, 2.75) is 11.2 Å². The molecule has 50 heavy (non-hydrogen) atoms. The van der Waals surface area contributed by atoms with Gasteiger partial charge in [0.1, 0.15) is 11.2 Å². The topological polar surface area (TPSA) is 40.5 Å². The molecule has 0 atom stereocenters. The fourth-order valence-corrected chi connectivity index (χ4v) is 9.45. The van der Waals surface area contributed by atoms with Crippen molar-refractivity contribution < 1.29 is 10.2 Å². The molecule has 0 aliphatic heterocycles. The van der Waals surface area contributed by atoms with Crippen LogP contribution in [0, 0.1) is 0 Å². The average molecular weight is 906 g/mol. The molecule has 0 bridgehead atoms. The van der Waals surface area contributed by atoms with Crippen molar-refractivity contribution in [3.8, 4) is 44.5 Å². The summed E-state index contributed by atoms with van der Waals surface area (Å²) < 4.78 is 3.65. The van der Waals surface area contributed by atoms with Crippen molar-refractivity contribution >= 4 is 63.7 Å². The van der Waals surface area contributed by atoms with Gasteiger partial charge in [-0.2, -0.15) is 0 Å². The van der Waals surface area contributed by atoms with E-state index in [4.69, 9.17) is 0 Å². The Morgan fingerprint density at radius 1 is 0.300 bits per heavy atom. The predicted octanol–water partition coefficient (Wildman–Crippen LogP) is 12.6. The molecule has 0 amide bonds. The molecule has 2 aliphatic carbocycles. The molecule has 7 aromatic carbocycles. The molecule has 0 saturated heterocycles. The average Bonchev–Trinajstić information content (AvgIpc) is 3.52. The first kappa shape index (κ1) is 32.3. The van der Waals surface area contributed by atoms with Gasteiger partial charge in [0.15, 0.2) is 0 Å². The van der Waals surface area contributed by atoms with Crippen LogP contribution in [0.3, 0.4) is 0 Å². The SMILES string of the molecule is OC1(c2ccccc2-c2ccc(-c3ccccc3C3(O)c4cc(Br)ccc4-c4ccc(Br)cc43)cc2)c2cc(Br)ccc2-c2ccc(Br)cc21. The van der Waals surface area contributed by atoms with E-state index in [0.717, 1.165) is 95.8 Å². The van der Waals surface area contributed by atoms with Gasteiger partial charge in [-0.3, -0.25) is 0 Å². The molecule has 0 spiro atoms. The van der Waals surface area contributed by atoms with E-state index in [9.17, 15) is 10.2 Å². The minimum absolute atomic E-state index is 0.814. The van der Waals surface area contributed by atoms with Crippen molar-refractivity contribution in [2.75, 3.05) is 0 Å². The summed E-state index contributed by atoms with van der Waals surface area (Å²) in [4.78, 5) is 0. The molecule has 0 saturated carbocycles. The van der Waals surface area contributed by atoms with Crippen LogP contribution in [0.5, 0.6) is 0 Å². The molecule has 6 heteroatoms. The van der Waals surface area contributed by atoms with Crippen molar-refractivity contribution in [3.63, 3.8) is 0 Å². The molecule has 0 heterocycles. The van der Waals surface area contributed by atoms with E-state index in [-0.39, 0.29) is 0 Å². The normalized spacial score (nSPS) is 14.5. The van der Waals surface area contributed by atoms with Crippen LogP contribution in [0.4, 0.5) is 0 Å². The number of halogens is 4. The Bertz CT molecular complexity index is 2240. The Hall–Kier alpha value is -3.62. The van der Waals surface area contributed by atoms with E-state index >= 15 is 0 Å². The molecular formula is C44H26Br4O2. The summed E-state index contributed by atoms with van der Waals surface area (Å²) >= 11 is 14.6. The quantitative estimate of drug-likeness (QED) is 0.185. The zero-order valence-electron chi connectivity index (χ0n) is 26.3. The summed E-state index contributed by atoms with van der Waals surface area (Å²) in [6, 6.07) is 49.2. The summed E-state index contributed by atoms with van der Waals surface area (Å²) in [6.45, 7) is 0. The fraction of sp³-hybridized carbons (Fsp3) is 0.0455. The fourth-order valence-electron chi connectivity index (χ4n) is 8.00. The lowest BCUT2D eigenvalue weighted by Crippen LogP contribution is -2.27. The van der Waals surface area contributed by atoms with Crippen LogP contribution in [0.2, 0.25) is 0 Å². The largest absolute Gasteiger partial charge is 0.376 e. The van der Waals surface area contributed by atoms with Crippen molar-refractivity contribution in [1.29, 1.82) is 0 Å². The van der Waals surface area contributed by atoms with Gasteiger partial charge in [-0.25, -0.2) is 0 Å². The first-order valence-corrected chi connectivity index (χ1v) is 19.3. The molecule has 7 aromatic rings. The van der Waals surface area contributed by atoms with E-state index in [0.29, 0.717) is 0 Å². The first-order valence-electron chi connectivity index (χ1n) is 16.1. The summed E-state index contributed by atoms with van der Waals surface area (Å²) in [5.41, 5.74) is 10.2. The molecule has 2 nitrogen and oxygen atoms in total. The smallest absolute Gasteiger partial charge is 0.142 e. The van der Waals surface area contributed by atoms with E-state index in [1.165, 1.54) is 0 Å². The van der Waals surface area contributed by atoms with E-state index in [2.05, 4.69) is 124 Å². The second kappa shape index (κ2) is 12.0. The lowest BCUT2D eigenvalue weighted by Gasteiger charge is -2.30. The third-order valence-corrected chi connectivity index (χ3v) is 12.2. The summed E-state index contributed by atoms with van der Waals surface area (Å²) in [6.07, 6.45) is 0. The van der Waals surface area contributed by atoms with Gasteiger partial charge < -0.3 is 10.2 Å². The van der Waals surface area contributed by atoms with Gasteiger partial charge in [-0.05, 0) is 93.0 Å². The van der Waals surface area contributed by atoms with Crippen molar-refractivity contribution in [2.24, 2.45) is 0 Å². The lowest BCUT2D eigenvalue weighted by molar-refractivity contribution is 0.131. The van der Waals surface area contributed by atoms with Crippen LogP contribution < -0.4 is 0 Å². The Balaban J connectivity index is 1.18. The van der Waals surface area contributed by atoms with Gasteiger partial charge in [-0.15, -0.1) is 0 Å². The molecule has 0 radical (unpaired) electrons. The Kier molecular flexibility index (Phi) is 7.74. The third-order valence-electron chi connectivity index (χ3n) is 10.2. The van der Waals surface area contributed by atoms with Gasteiger partial charge >= 0.3 is 0 Å². The molecule has 9 rings (SSSR count). The van der Waals surface area contributed by atoms with Crippen LogP contribution in [0.25, 0.3) is 44.5 Å². The predicted molar refractivity (Wildman–Crippen MR) is 216 cm³/mol. The second-order valence-corrected chi connectivity index (χ2v) is 16.5. The minimum Gasteiger partial charge on any atom is -0.376 e. The number of aliphatic hydroxyl groups is 2. The Morgan fingerprint density at radius 3 is 0.880 bits per heavy atom. The summed E-state index contributed by atoms with van der Waals surface area (Å²) in [5, 5.41) is 25.8. The third kappa shape index (κ3) is 4.77. The molecule has 0 aromatic heterocycles. The van der Waals surface area contributed by atoms with Crippen LogP contribution in [0.1, 0.15) is 33.4 Å². The molecule has 0 fully saturated rings. The Morgan fingerprint density at radius 2 is 0.580 bits per heavy atom. The monoisotopic (exact) mass is 902 g/mol. The van der Waals surface area contributed by atoms with E-state index < -0.39 is 11.2 Å². The van der Waals surface area contributed by atoms with Gasteiger partial charge in [0.2, 0.25) is 0 Å². The zero-order valence-corrected chi connectivity index (χ0v) is 32.6. The highest BCUT2D eigenvalue weighted by Gasteiger charge is 2.46. The van der Waals surface area contributed by atoms with Crippen LogP contribution in [-0.4, -0.2) is 10.2 Å². The number of hydrogen-bond donors (Lipinski definition) is 2. The molecule has 2 aliphatic rings. The van der Waals surface area contributed by atoms with Gasteiger partial charge in [0, 0.05) is 51.3 Å². The highest BCUT2D eigenvalue weighted by Crippen LogP contribution is 2.55. The maximum absolute atomic E-state index is 12.9. The highest BCUT2D eigenvalue weighted by molar-refractivity contribution is 9.11. The lowest BCUT2D eigenvalue weighted by atomic mass is 9.79. The molecule has 2 N–H and O–H groups in total. The number of benzene rings is 7. The first-order chi connectivity index (χ1) is 24.2. The second-order valence-electron chi connectivity index (χ2n) is 12.8. The van der Waals surface area contributed by atoms with Gasteiger partial charge in [0.25, 0.3) is 0 Å². The van der Waals surface area contributed by atoms with Crippen LogP contribution >= 0.6 is 63.7 Å². The minimum atomic E-state index is -1.37. The molecule has 242 valence electrons. The van der Waals surface area contributed by atoms with Crippen LogP contribution in [-0.2, 0) is 11.2 Å². The van der Waals surface area contributed by atoms with Gasteiger partial charge in [0.05, 0.1) is 0 Å². The Labute approximate surface area is 324 Å². The number of fused-ring (bicyclic) bond motifs is 6. The van der Waals surface area contributed by atoms with Gasteiger partial charge in [-0.1, -0.05) is 161 Å².